The molecule has 8 heteroatoms. The zero-order valence-corrected chi connectivity index (χ0v) is 17.3. The van der Waals surface area contributed by atoms with E-state index < -0.39 is 0 Å². The lowest BCUT2D eigenvalue weighted by Crippen LogP contribution is -2.32. The molecule has 1 aromatic heterocycles. The molecule has 0 radical (unpaired) electrons. The molecule has 3 N–H and O–H groups in total. The molecule has 1 aliphatic heterocycles. The normalized spacial score (nSPS) is 13.4. The molecule has 162 valence electrons. The van der Waals surface area contributed by atoms with Crippen LogP contribution >= 0.6 is 0 Å². The lowest BCUT2D eigenvalue weighted by Gasteiger charge is -2.15. The molecule has 0 unspecified atom stereocenters. The van der Waals surface area contributed by atoms with Crippen molar-refractivity contribution in [3.05, 3.63) is 66.5 Å². The number of nitrogens with one attached hydrogen (secondary N) is 3. The van der Waals surface area contributed by atoms with E-state index in [1.807, 2.05) is 54.6 Å². The standard InChI is InChI=1S/C23H27N5O3/c1-2-6-20(7-3-1)29-13-4-11-24-23(25-17-19-10-12-26-28-19)27-18-8-9-21-22(16-18)31-15-5-14-30-21/h1-3,6-10,12,16H,4-5,11,13-15,17H2,(H,26,28)(H2,24,25,27). The number of nitrogens with zero attached hydrogens (tertiary/aromatic N) is 2. The van der Waals surface area contributed by atoms with E-state index in [2.05, 4.69) is 25.8 Å². The minimum Gasteiger partial charge on any atom is -0.494 e. The first kappa shape index (κ1) is 20.6. The Kier molecular flexibility index (Phi) is 7.25. The number of anilines is 1. The highest BCUT2D eigenvalue weighted by Crippen LogP contribution is 2.32. The van der Waals surface area contributed by atoms with Crippen LogP contribution in [-0.2, 0) is 6.54 Å². The number of H-pyrrole nitrogens is 1. The van der Waals surface area contributed by atoms with Crippen molar-refractivity contribution in [1.82, 2.24) is 15.5 Å². The van der Waals surface area contributed by atoms with Crippen LogP contribution in [0.25, 0.3) is 0 Å². The number of aromatic amines is 1. The molecule has 1 aliphatic rings. The van der Waals surface area contributed by atoms with Crippen molar-refractivity contribution in [3.63, 3.8) is 0 Å². The number of benzene rings is 2. The van der Waals surface area contributed by atoms with E-state index in [1.54, 1.807) is 6.20 Å². The summed E-state index contributed by atoms with van der Waals surface area (Å²) in [5.74, 6) is 3.06. The van der Waals surface area contributed by atoms with Crippen molar-refractivity contribution in [2.24, 2.45) is 4.99 Å². The van der Waals surface area contributed by atoms with E-state index in [0.29, 0.717) is 38.9 Å². The largest absolute Gasteiger partial charge is 0.494 e. The van der Waals surface area contributed by atoms with Crippen molar-refractivity contribution < 1.29 is 14.2 Å². The first-order chi connectivity index (χ1) is 15.4. The molecule has 2 aromatic carbocycles. The minimum atomic E-state index is 0.487. The van der Waals surface area contributed by atoms with Gasteiger partial charge in [-0.1, -0.05) is 18.2 Å². The highest BCUT2D eigenvalue weighted by atomic mass is 16.5. The Morgan fingerprint density at radius 2 is 1.94 bits per heavy atom. The average Bonchev–Trinajstić information content (AvgIpc) is 3.22. The summed E-state index contributed by atoms with van der Waals surface area (Å²) < 4.78 is 17.3. The number of ether oxygens (including phenoxy) is 3. The van der Waals surface area contributed by atoms with Crippen LogP contribution in [0.15, 0.2) is 65.8 Å². The Hall–Kier alpha value is -3.68. The summed E-state index contributed by atoms with van der Waals surface area (Å²) in [6.45, 7) is 3.14. The molecule has 0 saturated heterocycles. The predicted octanol–water partition coefficient (Wildman–Crippen LogP) is 3.60. The van der Waals surface area contributed by atoms with Gasteiger partial charge in [0.15, 0.2) is 17.5 Å². The second kappa shape index (κ2) is 10.9. The summed E-state index contributed by atoms with van der Waals surface area (Å²) >= 11 is 0. The van der Waals surface area contributed by atoms with Crippen LogP contribution < -0.4 is 24.8 Å². The second-order valence-corrected chi connectivity index (χ2v) is 7.03. The number of para-hydroxylation sites is 1. The molecule has 3 aromatic rings. The third-order valence-corrected chi connectivity index (χ3v) is 4.60. The van der Waals surface area contributed by atoms with Crippen LogP contribution in [0.5, 0.6) is 17.2 Å². The average molecular weight is 422 g/mol. The molecular weight excluding hydrogens is 394 g/mol. The molecule has 0 amide bonds. The van der Waals surface area contributed by atoms with Crippen molar-refractivity contribution in [2.45, 2.75) is 19.4 Å². The highest BCUT2D eigenvalue weighted by molar-refractivity contribution is 5.93. The molecule has 4 rings (SSSR count). The van der Waals surface area contributed by atoms with Gasteiger partial charge in [-0.15, -0.1) is 0 Å². The fraction of sp³-hybridized carbons (Fsp3) is 0.304. The maximum atomic E-state index is 5.79. The summed E-state index contributed by atoms with van der Waals surface area (Å²) in [5, 5.41) is 13.6. The van der Waals surface area contributed by atoms with Crippen LogP contribution in [0.1, 0.15) is 18.5 Å². The van der Waals surface area contributed by atoms with Gasteiger partial charge in [-0.2, -0.15) is 5.10 Å². The Labute approximate surface area is 181 Å². The van der Waals surface area contributed by atoms with Gasteiger partial charge in [0.05, 0.1) is 32.1 Å². The monoisotopic (exact) mass is 421 g/mol. The van der Waals surface area contributed by atoms with Gasteiger partial charge in [0.2, 0.25) is 0 Å². The lowest BCUT2D eigenvalue weighted by molar-refractivity contribution is 0.297. The van der Waals surface area contributed by atoms with Gasteiger partial charge in [-0.25, -0.2) is 4.99 Å². The Morgan fingerprint density at radius 1 is 1.06 bits per heavy atom. The van der Waals surface area contributed by atoms with E-state index in [9.17, 15) is 0 Å². The zero-order chi connectivity index (χ0) is 21.1. The number of guanidine groups is 1. The van der Waals surface area contributed by atoms with E-state index in [1.165, 1.54) is 0 Å². The van der Waals surface area contributed by atoms with E-state index in [0.717, 1.165) is 41.5 Å². The van der Waals surface area contributed by atoms with E-state index in [-0.39, 0.29) is 0 Å². The predicted molar refractivity (Wildman–Crippen MR) is 120 cm³/mol. The van der Waals surface area contributed by atoms with E-state index in [4.69, 9.17) is 14.2 Å². The Morgan fingerprint density at radius 3 is 2.77 bits per heavy atom. The first-order valence-electron chi connectivity index (χ1n) is 10.5. The summed E-state index contributed by atoms with van der Waals surface area (Å²) in [4.78, 5) is 4.66. The minimum absolute atomic E-state index is 0.487. The number of hydrogen-bond acceptors (Lipinski definition) is 5. The summed E-state index contributed by atoms with van der Waals surface area (Å²) in [6, 6.07) is 17.5. The fourth-order valence-corrected chi connectivity index (χ4v) is 3.04. The van der Waals surface area contributed by atoms with Crippen molar-refractivity contribution in [1.29, 1.82) is 0 Å². The van der Waals surface area contributed by atoms with Gasteiger partial charge in [0.1, 0.15) is 5.75 Å². The second-order valence-electron chi connectivity index (χ2n) is 7.03. The SMILES string of the molecule is c1ccc(OCCCNC(=NCc2ccn[nH]2)Nc2ccc3c(c2)OCCCO3)cc1. The summed E-state index contributed by atoms with van der Waals surface area (Å²) in [6.07, 6.45) is 3.43. The molecule has 0 saturated carbocycles. The van der Waals surface area contributed by atoms with Gasteiger partial charge in [0, 0.05) is 30.9 Å². The number of rotatable bonds is 8. The molecule has 0 spiro atoms. The molecule has 0 aliphatic carbocycles. The van der Waals surface area contributed by atoms with Crippen molar-refractivity contribution in [2.75, 3.05) is 31.7 Å². The van der Waals surface area contributed by atoms with Gasteiger partial charge in [-0.05, 0) is 36.8 Å². The molecule has 8 nitrogen and oxygen atoms in total. The summed E-state index contributed by atoms with van der Waals surface area (Å²) in [5.41, 5.74) is 1.81. The quantitative estimate of drug-likeness (QED) is 0.292. The van der Waals surface area contributed by atoms with Gasteiger partial charge in [0.25, 0.3) is 0 Å². The van der Waals surface area contributed by atoms with E-state index >= 15 is 0 Å². The number of fused-ring (bicyclic) bond motifs is 1. The molecule has 0 bridgehead atoms. The molecule has 0 fully saturated rings. The number of hydrogen-bond donors (Lipinski definition) is 3. The number of aromatic nitrogens is 2. The van der Waals surface area contributed by atoms with Crippen LogP contribution in [0.2, 0.25) is 0 Å². The van der Waals surface area contributed by atoms with Crippen LogP contribution in [0, 0.1) is 0 Å². The third-order valence-electron chi connectivity index (χ3n) is 4.60. The number of aliphatic imine (C=N–C) groups is 1. The van der Waals surface area contributed by atoms with Crippen molar-refractivity contribution >= 4 is 11.6 Å². The molecule has 0 atom stereocenters. The Balaban J connectivity index is 1.35. The highest BCUT2D eigenvalue weighted by Gasteiger charge is 2.11. The maximum absolute atomic E-state index is 5.79. The molecule has 2 heterocycles. The van der Waals surface area contributed by atoms with Crippen molar-refractivity contribution in [3.8, 4) is 17.2 Å². The first-order valence-corrected chi connectivity index (χ1v) is 10.5. The topological polar surface area (TPSA) is 92.8 Å². The van der Waals surface area contributed by atoms with Crippen LogP contribution in [0.4, 0.5) is 5.69 Å². The van der Waals surface area contributed by atoms with Gasteiger partial charge >= 0.3 is 0 Å². The Bertz CT molecular complexity index is 961. The zero-order valence-electron chi connectivity index (χ0n) is 17.3. The van der Waals surface area contributed by atoms with Crippen LogP contribution in [0.3, 0.4) is 0 Å². The maximum Gasteiger partial charge on any atom is 0.196 e. The molecular formula is C23H27N5O3. The van der Waals surface area contributed by atoms with Gasteiger partial charge < -0.3 is 24.8 Å². The third kappa shape index (κ3) is 6.40. The van der Waals surface area contributed by atoms with Crippen LogP contribution in [-0.4, -0.2) is 42.5 Å². The lowest BCUT2D eigenvalue weighted by atomic mass is 10.2. The fourth-order valence-electron chi connectivity index (χ4n) is 3.04. The smallest absolute Gasteiger partial charge is 0.196 e. The molecule has 31 heavy (non-hydrogen) atoms. The van der Waals surface area contributed by atoms with Gasteiger partial charge in [-0.3, -0.25) is 5.10 Å². The summed E-state index contributed by atoms with van der Waals surface area (Å²) in [7, 11) is 0.